The molecule has 1 fully saturated rings. The zero-order chi connectivity index (χ0) is 27.0. The highest BCUT2D eigenvalue weighted by Gasteiger charge is 2.67. The molecular formula is C28H25ClN4O5. The van der Waals surface area contributed by atoms with Crippen molar-refractivity contribution in [3.05, 3.63) is 98.1 Å². The molecule has 38 heavy (non-hydrogen) atoms. The lowest BCUT2D eigenvalue weighted by Gasteiger charge is -2.25. The van der Waals surface area contributed by atoms with E-state index in [0.29, 0.717) is 40.3 Å². The number of ether oxygens (including phenoxy) is 2. The van der Waals surface area contributed by atoms with Crippen molar-refractivity contribution in [2.75, 3.05) is 11.9 Å². The first-order valence-corrected chi connectivity index (χ1v) is 12.6. The number of rotatable bonds is 7. The second kappa shape index (κ2) is 9.97. The van der Waals surface area contributed by atoms with Gasteiger partial charge in [0.1, 0.15) is 6.61 Å². The Hall–Kier alpha value is -4.13. The lowest BCUT2D eigenvalue weighted by atomic mass is 9.78. The number of nitrogens with zero attached hydrogens (tertiary/aromatic N) is 2. The second-order valence-corrected chi connectivity index (χ2v) is 9.72. The summed E-state index contributed by atoms with van der Waals surface area (Å²) in [5.41, 5.74) is 1.30. The van der Waals surface area contributed by atoms with E-state index in [2.05, 4.69) is 16.7 Å². The van der Waals surface area contributed by atoms with E-state index in [1.54, 1.807) is 54.6 Å². The van der Waals surface area contributed by atoms with E-state index in [1.165, 1.54) is 0 Å². The molecule has 1 amide bonds. The van der Waals surface area contributed by atoms with Crippen molar-refractivity contribution in [3.63, 3.8) is 0 Å². The predicted molar refractivity (Wildman–Crippen MR) is 141 cm³/mol. The zero-order valence-corrected chi connectivity index (χ0v) is 21.5. The van der Waals surface area contributed by atoms with E-state index in [-0.39, 0.29) is 22.3 Å². The number of carbonyl (C=O) groups excluding carboxylic acids is 1. The quantitative estimate of drug-likeness (QED) is 0.332. The molecule has 2 N–H and O–H groups in total. The first-order valence-electron chi connectivity index (χ1n) is 12.2. The van der Waals surface area contributed by atoms with Gasteiger partial charge in [-0.2, -0.15) is 5.26 Å². The number of nitro groups is 1. The van der Waals surface area contributed by atoms with Gasteiger partial charge in [0.05, 0.1) is 29.2 Å². The van der Waals surface area contributed by atoms with Crippen molar-refractivity contribution in [2.45, 2.75) is 44.0 Å². The third-order valence-corrected chi connectivity index (χ3v) is 7.47. The van der Waals surface area contributed by atoms with Gasteiger partial charge in [-0.3, -0.25) is 20.2 Å². The van der Waals surface area contributed by atoms with E-state index >= 15 is 0 Å². The molecule has 3 aromatic rings. The Kier molecular flexibility index (Phi) is 6.69. The highest BCUT2D eigenvalue weighted by Crippen LogP contribution is 2.51. The van der Waals surface area contributed by atoms with Crippen molar-refractivity contribution < 1.29 is 19.2 Å². The average Bonchev–Trinajstić information content (AvgIpc) is 3.37. The Bertz CT molecular complexity index is 1470. The van der Waals surface area contributed by atoms with Gasteiger partial charge in [0, 0.05) is 27.8 Å². The molecule has 0 aliphatic carbocycles. The Morgan fingerprint density at radius 3 is 2.63 bits per heavy atom. The van der Waals surface area contributed by atoms with E-state index in [0.717, 1.165) is 0 Å². The molecule has 1 spiro atoms. The molecule has 0 unspecified atom stereocenters. The molecule has 0 radical (unpaired) electrons. The van der Waals surface area contributed by atoms with Crippen LogP contribution >= 0.6 is 11.6 Å². The number of benzene rings is 3. The third-order valence-electron chi connectivity index (χ3n) is 7.19. The summed E-state index contributed by atoms with van der Waals surface area (Å²) in [6.07, 6.45) is 0. The van der Waals surface area contributed by atoms with Crippen LogP contribution < -0.4 is 20.1 Å². The second-order valence-electron chi connectivity index (χ2n) is 9.32. The van der Waals surface area contributed by atoms with Crippen LogP contribution in [-0.4, -0.2) is 29.5 Å². The zero-order valence-electron chi connectivity index (χ0n) is 20.7. The van der Waals surface area contributed by atoms with E-state index in [1.807, 2.05) is 19.9 Å². The van der Waals surface area contributed by atoms with Crippen molar-refractivity contribution in [2.24, 2.45) is 0 Å². The van der Waals surface area contributed by atoms with Crippen LogP contribution in [0.5, 0.6) is 11.5 Å². The lowest BCUT2D eigenvalue weighted by Crippen LogP contribution is -2.54. The maximum Gasteiger partial charge on any atom is 0.256 e. The Morgan fingerprint density at radius 1 is 1.16 bits per heavy atom. The summed E-state index contributed by atoms with van der Waals surface area (Å²) in [6, 6.07) is 17.8. The first-order chi connectivity index (χ1) is 18.3. The maximum atomic E-state index is 13.3. The fourth-order valence-electron chi connectivity index (χ4n) is 5.64. The van der Waals surface area contributed by atoms with Crippen LogP contribution in [0.2, 0.25) is 5.02 Å². The summed E-state index contributed by atoms with van der Waals surface area (Å²) < 4.78 is 11.8. The molecule has 5 rings (SSSR count). The number of nitriles is 1. The molecule has 4 atom stereocenters. The number of anilines is 1. The van der Waals surface area contributed by atoms with Gasteiger partial charge in [-0.05, 0) is 43.7 Å². The van der Waals surface area contributed by atoms with Gasteiger partial charge >= 0.3 is 0 Å². The molecule has 1 saturated heterocycles. The summed E-state index contributed by atoms with van der Waals surface area (Å²) in [4.78, 5) is 25.5. The number of para-hydroxylation sites is 1. The Morgan fingerprint density at radius 2 is 1.89 bits per heavy atom. The fourth-order valence-corrected chi connectivity index (χ4v) is 5.92. The molecular weight excluding hydrogens is 508 g/mol. The van der Waals surface area contributed by atoms with Crippen LogP contribution in [0.1, 0.15) is 42.0 Å². The van der Waals surface area contributed by atoms with Crippen molar-refractivity contribution >= 4 is 23.2 Å². The molecule has 9 nitrogen and oxygen atoms in total. The van der Waals surface area contributed by atoms with Crippen molar-refractivity contribution in [1.29, 1.82) is 5.26 Å². The van der Waals surface area contributed by atoms with Crippen LogP contribution in [0, 0.1) is 21.4 Å². The van der Waals surface area contributed by atoms with Gasteiger partial charge in [-0.1, -0.05) is 48.0 Å². The Labute approximate surface area is 224 Å². The van der Waals surface area contributed by atoms with Gasteiger partial charge in [0.25, 0.3) is 11.9 Å². The third kappa shape index (κ3) is 4.02. The molecule has 0 bridgehead atoms. The van der Waals surface area contributed by atoms with Gasteiger partial charge < -0.3 is 14.8 Å². The van der Waals surface area contributed by atoms with Crippen molar-refractivity contribution in [1.82, 2.24) is 5.32 Å². The van der Waals surface area contributed by atoms with Gasteiger partial charge in [-0.15, -0.1) is 0 Å². The molecule has 0 saturated carbocycles. The van der Waals surface area contributed by atoms with E-state index < -0.39 is 29.4 Å². The number of amides is 1. The molecule has 10 heteroatoms. The molecule has 0 aromatic heterocycles. The summed E-state index contributed by atoms with van der Waals surface area (Å²) in [7, 11) is 0. The number of nitrogens with one attached hydrogen (secondary N) is 2. The summed E-state index contributed by atoms with van der Waals surface area (Å²) >= 11 is 6.68. The van der Waals surface area contributed by atoms with Crippen LogP contribution in [-0.2, 0) is 16.9 Å². The van der Waals surface area contributed by atoms with Gasteiger partial charge in [-0.25, -0.2) is 0 Å². The Balaban J connectivity index is 1.55. The summed E-state index contributed by atoms with van der Waals surface area (Å²) in [5.74, 6) is -0.551. The average molecular weight is 533 g/mol. The minimum Gasteiger partial charge on any atom is -0.490 e. The standard InChI is InChI=1S/C28H25ClN4O5/c1-3-37-23-13-19(12-21(29)25(23)38-15-18-9-5-4-8-17(18)14-30)24-16(2)32-28(26(24)33(35)36)20-10-6-7-11-22(20)31-27(28)34/h4-13,16,24,26,32H,3,15H2,1-2H3,(H,31,34)/t16-,24-,26+,28+/m0/s1. The van der Waals surface area contributed by atoms with Gasteiger partial charge in [0.2, 0.25) is 0 Å². The monoisotopic (exact) mass is 532 g/mol. The summed E-state index contributed by atoms with van der Waals surface area (Å²) in [5, 5.41) is 28.3. The number of fused-ring (bicyclic) bond motifs is 2. The number of halogens is 1. The highest BCUT2D eigenvalue weighted by atomic mass is 35.5. The first kappa shape index (κ1) is 25.5. The fraction of sp³-hybridized carbons (Fsp3) is 0.286. The van der Waals surface area contributed by atoms with E-state index in [9.17, 15) is 20.2 Å². The largest absolute Gasteiger partial charge is 0.490 e. The van der Waals surface area contributed by atoms with Crippen LogP contribution in [0.25, 0.3) is 0 Å². The smallest absolute Gasteiger partial charge is 0.256 e. The van der Waals surface area contributed by atoms with Crippen LogP contribution in [0.3, 0.4) is 0 Å². The number of carbonyl (C=O) groups is 1. The van der Waals surface area contributed by atoms with E-state index in [4.69, 9.17) is 21.1 Å². The number of hydrogen-bond acceptors (Lipinski definition) is 7. The summed E-state index contributed by atoms with van der Waals surface area (Å²) in [6.45, 7) is 4.02. The predicted octanol–water partition coefficient (Wildman–Crippen LogP) is 4.76. The molecule has 3 aromatic carbocycles. The maximum absolute atomic E-state index is 13.3. The molecule has 2 aliphatic rings. The number of hydrogen-bond donors (Lipinski definition) is 2. The SMILES string of the molecule is CCOc1cc([C@@H]2[C@H](C)N[C@@]3(C(=O)Nc4ccccc43)[C@@H]2[N+](=O)[O-])cc(Cl)c1OCc1ccccc1C#N. The molecule has 2 aliphatic heterocycles. The molecule has 194 valence electrons. The van der Waals surface area contributed by atoms with Crippen molar-refractivity contribution in [3.8, 4) is 17.6 Å². The lowest BCUT2D eigenvalue weighted by molar-refractivity contribution is -0.532. The van der Waals surface area contributed by atoms with Crippen LogP contribution in [0.15, 0.2) is 60.7 Å². The normalized spacial score (nSPS) is 23.5. The topological polar surface area (TPSA) is 127 Å². The van der Waals surface area contributed by atoms with Gasteiger partial charge in [0.15, 0.2) is 17.0 Å². The molecule has 2 heterocycles. The van der Waals surface area contributed by atoms with Crippen LogP contribution in [0.4, 0.5) is 5.69 Å². The highest BCUT2D eigenvalue weighted by molar-refractivity contribution is 6.32. The minimum atomic E-state index is -1.53. The minimum absolute atomic E-state index is 0.0852.